The zero-order chi connectivity index (χ0) is 15.0. The fourth-order valence-corrected chi connectivity index (χ4v) is 4.21. The van der Waals surface area contributed by atoms with Gasteiger partial charge in [0.2, 0.25) is 0 Å². The van der Waals surface area contributed by atoms with Crippen molar-refractivity contribution in [1.82, 2.24) is 5.32 Å². The third-order valence-electron chi connectivity index (χ3n) is 5.57. The smallest absolute Gasteiger partial charge is 0.168 e. The van der Waals surface area contributed by atoms with E-state index in [-0.39, 0.29) is 5.79 Å². The molecule has 1 unspecified atom stereocenters. The van der Waals surface area contributed by atoms with Gasteiger partial charge in [0.1, 0.15) is 5.60 Å². The lowest BCUT2D eigenvalue weighted by Gasteiger charge is -2.37. The minimum absolute atomic E-state index is 0.297. The quantitative estimate of drug-likeness (QED) is 0.898. The Hall–Kier alpha value is -0.940. The molecule has 1 spiro atoms. The van der Waals surface area contributed by atoms with E-state index < -0.39 is 5.60 Å². The van der Waals surface area contributed by atoms with Crippen LogP contribution in [0.25, 0.3) is 0 Å². The van der Waals surface area contributed by atoms with Crippen LogP contribution in [-0.2, 0) is 21.5 Å². The van der Waals surface area contributed by atoms with Crippen LogP contribution in [-0.4, -0.2) is 36.7 Å². The molecule has 1 aliphatic heterocycles. The van der Waals surface area contributed by atoms with Crippen molar-refractivity contribution in [2.45, 2.75) is 56.0 Å². The van der Waals surface area contributed by atoms with Crippen LogP contribution in [0.5, 0.6) is 0 Å². The highest BCUT2D eigenvalue weighted by Gasteiger charge is 2.41. The van der Waals surface area contributed by atoms with Crippen molar-refractivity contribution in [3.8, 4) is 0 Å². The summed E-state index contributed by atoms with van der Waals surface area (Å²) in [6.07, 6.45) is 5.82. The summed E-state index contributed by atoms with van der Waals surface area (Å²) in [4.78, 5) is 0. The van der Waals surface area contributed by atoms with E-state index in [4.69, 9.17) is 9.47 Å². The number of fused-ring (bicyclic) bond motifs is 1. The number of nitrogens with one attached hydrogen (secondary N) is 1. The maximum absolute atomic E-state index is 11.0. The summed E-state index contributed by atoms with van der Waals surface area (Å²) in [6, 6.07) is 8.73. The second kappa shape index (κ2) is 5.60. The van der Waals surface area contributed by atoms with Gasteiger partial charge in [-0.25, -0.2) is 0 Å². The Morgan fingerprint density at radius 3 is 2.59 bits per heavy atom. The summed E-state index contributed by atoms with van der Waals surface area (Å²) in [5.41, 5.74) is 1.70. The second-order valence-electron chi connectivity index (χ2n) is 6.95. The fraction of sp³-hybridized carbons (Fsp3) is 0.667. The van der Waals surface area contributed by atoms with Gasteiger partial charge in [0.15, 0.2) is 5.79 Å². The average molecular weight is 303 g/mol. The summed E-state index contributed by atoms with van der Waals surface area (Å²) in [5, 5.41) is 14.6. The van der Waals surface area contributed by atoms with E-state index in [9.17, 15) is 5.11 Å². The number of hydrogen-bond donors (Lipinski definition) is 2. The van der Waals surface area contributed by atoms with Crippen molar-refractivity contribution in [3.05, 3.63) is 35.4 Å². The van der Waals surface area contributed by atoms with E-state index in [1.54, 1.807) is 0 Å². The number of benzene rings is 1. The van der Waals surface area contributed by atoms with Crippen LogP contribution in [0.15, 0.2) is 24.3 Å². The molecule has 0 bridgehead atoms. The van der Waals surface area contributed by atoms with E-state index in [0.29, 0.717) is 12.6 Å². The fourth-order valence-electron chi connectivity index (χ4n) is 4.21. The molecule has 4 nitrogen and oxygen atoms in total. The zero-order valence-corrected chi connectivity index (χ0v) is 13.0. The third-order valence-corrected chi connectivity index (χ3v) is 5.57. The highest BCUT2D eigenvalue weighted by Crippen LogP contribution is 2.38. The first kappa shape index (κ1) is 14.6. The summed E-state index contributed by atoms with van der Waals surface area (Å²) in [5.74, 6) is -0.297. The molecule has 0 aromatic heterocycles. The maximum atomic E-state index is 11.0. The van der Waals surface area contributed by atoms with Crippen LogP contribution in [0.1, 0.15) is 43.2 Å². The Morgan fingerprint density at radius 1 is 1.09 bits per heavy atom. The summed E-state index contributed by atoms with van der Waals surface area (Å²) >= 11 is 0. The molecule has 2 aliphatic carbocycles. The molecule has 1 atom stereocenters. The molecule has 0 radical (unpaired) electrons. The predicted octanol–water partition coefficient (Wildman–Crippen LogP) is 2.10. The second-order valence-corrected chi connectivity index (χ2v) is 6.95. The lowest BCUT2D eigenvalue weighted by Crippen LogP contribution is -2.46. The van der Waals surface area contributed by atoms with E-state index >= 15 is 0 Å². The Labute approximate surface area is 131 Å². The molecule has 3 aliphatic rings. The number of aryl methyl sites for hydroxylation is 1. The molecule has 1 saturated heterocycles. The first-order valence-corrected chi connectivity index (χ1v) is 8.51. The molecule has 2 fully saturated rings. The molecule has 1 saturated carbocycles. The molecule has 1 aromatic rings. The van der Waals surface area contributed by atoms with Crippen molar-refractivity contribution in [3.63, 3.8) is 0 Å². The molecular weight excluding hydrogens is 278 g/mol. The van der Waals surface area contributed by atoms with Gasteiger partial charge in [-0.15, -0.1) is 0 Å². The first-order chi connectivity index (χ1) is 10.7. The molecule has 1 heterocycles. The van der Waals surface area contributed by atoms with Crippen molar-refractivity contribution in [2.75, 3.05) is 19.8 Å². The molecule has 120 valence electrons. The molecule has 4 heteroatoms. The van der Waals surface area contributed by atoms with E-state index in [2.05, 4.69) is 23.5 Å². The van der Waals surface area contributed by atoms with Gasteiger partial charge in [-0.05, 0) is 36.8 Å². The van der Waals surface area contributed by atoms with E-state index in [0.717, 1.165) is 57.3 Å². The third kappa shape index (κ3) is 2.58. The SMILES string of the molecule is OC1(CNC2CCC3(CC2)OCCO3)CCc2ccccc21. The van der Waals surface area contributed by atoms with Crippen molar-refractivity contribution >= 4 is 0 Å². The Kier molecular flexibility index (Phi) is 3.73. The van der Waals surface area contributed by atoms with Gasteiger partial charge in [-0.1, -0.05) is 24.3 Å². The van der Waals surface area contributed by atoms with E-state index in [1.807, 2.05) is 6.07 Å². The lowest BCUT2D eigenvalue weighted by atomic mass is 9.89. The summed E-state index contributed by atoms with van der Waals surface area (Å²) in [7, 11) is 0. The average Bonchev–Trinajstić information content (AvgIpc) is 3.14. The summed E-state index contributed by atoms with van der Waals surface area (Å²) in [6.45, 7) is 2.10. The Balaban J connectivity index is 1.34. The van der Waals surface area contributed by atoms with Gasteiger partial charge in [0, 0.05) is 25.4 Å². The van der Waals surface area contributed by atoms with Crippen LogP contribution in [0.4, 0.5) is 0 Å². The largest absolute Gasteiger partial charge is 0.384 e. The van der Waals surface area contributed by atoms with Crippen molar-refractivity contribution < 1.29 is 14.6 Å². The number of ether oxygens (including phenoxy) is 2. The molecule has 2 N–H and O–H groups in total. The van der Waals surface area contributed by atoms with Gasteiger partial charge in [0.25, 0.3) is 0 Å². The Bertz CT molecular complexity index is 531. The topological polar surface area (TPSA) is 50.7 Å². The molecule has 0 amide bonds. The van der Waals surface area contributed by atoms with E-state index in [1.165, 1.54) is 5.56 Å². The zero-order valence-electron chi connectivity index (χ0n) is 13.0. The molecular formula is C18H25NO3. The van der Waals surface area contributed by atoms with Crippen molar-refractivity contribution in [1.29, 1.82) is 0 Å². The van der Waals surface area contributed by atoms with Crippen LogP contribution in [0.3, 0.4) is 0 Å². The lowest BCUT2D eigenvalue weighted by molar-refractivity contribution is -0.179. The predicted molar refractivity (Wildman–Crippen MR) is 83.6 cm³/mol. The first-order valence-electron chi connectivity index (χ1n) is 8.51. The van der Waals surface area contributed by atoms with Crippen LogP contribution < -0.4 is 5.32 Å². The normalized spacial score (nSPS) is 30.8. The van der Waals surface area contributed by atoms with Crippen LogP contribution >= 0.6 is 0 Å². The van der Waals surface area contributed by atoms with Gasteiger partial charge < -0.3 is 19.9 Å². The maximum Gasteiger partial charge on any atom is 0.168 e. The van der Waals surface area contributed by atoms with Gasteiger partial charge in [0.05, 0.1) is 13.2 Å². The molecule has 1 aromatic carbocycles. The monoisotopic (exact) mass is 303 g/mol. The highest BCUT2D eigenvalue weighted by molar-refractivity contribution is 5.37. The number of aliphatic hydroxyl groups is 1. The minimum atomic E-state index is -0.702. The van der Waals surface area contributed by atoms with Crippen LogP contribution in [0.2, 0.25) is 0 Å². The van der Waals surface area contributed by atoms with Gasteiger partial charge in [-0.2, -0.15) is 0 Å². The summed E-state index contributed by atoms with van der Waals surface area (Å²) < 4.78 is 11.5. The minimum Gasteiger partial charge on any atom is -0.384 e. The van der Waals surface area contributed by atoms with Crippen molar-refractivity contribution in [2.24, 2.45) is 0 Å². The molecule has 22 heavy (non-hydrogen) atoms. The Morgan fingerprint density at radius 2 is 1.82 bits per heavy atom. The highest BCUT2D eigenvalue weighted by atomic mass is 16.7. The number of hydrogen-bond acceptors (Lipinski definition) is 4. The number of rotatable bonds is 3. The van der Waals surface area contributed by atoms with Gasteiger partial charge in [-0.3, -0.25) is 0 Å². The van der Waals surface area contributed by atoms with Crippen LogP contribution in [0, 0.1) is 0 Å². The van der Waals surface area contributed by atoms with Gasteiger partial charge >= 0.3 is 0 Å². The standard InChI is InChI=1S/C18H25NO3/c20-17(8-5-14-3-1-2-4-16(14)17)13-19-15-6-9-18(10-7-15)21-11-12-22-18/h1-4,15,19-20H,5-13H2. The molecule has 4 rings (SSSR count).